The summed E-state index contributed by atoms with van der Waals surface area (Å²) in [5.41, 5.74) is 1.26. The van der Waals surface area contributed by atoms with Gasteiger partial charge in [-0.3, -0.25) is 0 Å². The molecular formula is C13H14N2O4S. The first-order valence-electron chi connectivity index (χ1n) is 6.30. The van der Waals surface area contributed by atoms with Gasteiger partial charge in [-0.2, -0.15) is 0 Å². The van der Waals surface area contributed by atoms with E-state index in [1.165, 1.54) is 7.11 Å². The molecule has 0 radical (unpaired) electrons. The minimum atomic E-state index is -3.12. The highest BCUT2D eigenvalue weighted by molar-refractivity contribution is 7.91. The summed E-state index contributed by atoms with van der Waals surface area (Å²) in [7, 11) is -1.82. The van der Waals surface area contributed by atoms with E-state index in [4.69, 9.17) is 4.74 Å². The Morgan fingerprint density at radius 1 is 1.50 bits per heavy atom. The van der Waals surface area contributed by atoms with E-state index in [1.807, 2.05) is 0 Å². The van der Waals surface area contributed by atoms with Gasteiger partial charge in [-0.25, -0.2) is 18.2 Å². The van der Waals surface area contributed by atoms with E-state index in [9.17, 15) is 13.2 Å². The molecule has 2 aromatic rings. The average Bonchev–Trinajstić information content (AvgIpc) is 2.99. The number of methoxy groups -OCH3 is 1. The lowest BCUT2D eigenvalue weighted by molar-refractivity contribution is 0.0602. The van der Waals surface area contributed by atoms with Crippen molar-refractivity contribution in [1.29, 1.82) is 0 Å². The first kappa shape index (κ1) is 13.1. The molecule has 6 nitrogen and oxygen atoms in total. The minimum absolute atomic E-state index is 0.204. The second kappa shape index (κ2) is 4.59. The number of hydrogen-bond acceptors (Lipinski definition) is 5. The molecular weight excluding hydrogens is 280 g/mol. The summed E-state index contributed by atoms with van der Waals surface area (Å²) >= 11 is 0. The van der Waals surface area contributed by atoms with E-state index >= 15 is 0 Å². The molecule has 0 spiro atoms. The van der Waals surface area contributed by atoms with Crippen LogP contribution in [0.3, 0.4) is 0 Å². The Bertz CT molecular complexity index is 779. The largest absolute Gasteiger partial charge is 0.465 e. The smallest absolute Gasteiger partial charge is 0.341 e. The van der Waals surface area contributed by atoms with Crippen molar-refractivity contribution in [3.05, 3.63) is 35.8 Å². The van der Waals surface area contributed by atoms with Crippen molar-refractivity contribution >= 4 is 21.5 Å². The Hall–Kier alpha value is -1.89. The highest BCUT2D eigenvalue weighted by Gasteiger charge is 2.34. The van der Waals surface area contributed by atoms with Crippen LogP contribution in [0.4, 0.5) is 0 Å². The molecule has 1 aliphatic heterocycles. The third-order valence-corrected chi connectivity index (χ3v) is 5.77. The molecule has 0 bridgehead atoms. The van der Waals surface area contributed by atoms with Crippen molar-refractivity contribution in [2.24, 2.45) is 0 Å². The minimum Gasteiger partial charge on any atom is -0.465 e. The topological polar surface area (TPSA) is 77.7 Å². The second-order valence-electron chi connectivity index (χ2n) is 4.81. The Morgan fingerprint density at radius 2 is 2.30 bits per heavy atom. The molecule has 0 saturated carbocycles. The van der Waals surface area contributed by atoms with E-state index in [0.29, 0.717) is 29.7 Å². The monoisotopic (exact) mass is 294 g/mol. The molecule has 1 saturated heterocycles. The van der Waals surface area contributed by atoms with Crippen LogP contribution in [0.15, 0.2) is 24.5 Å². The predicted molar refractivity (Wildman–Crippen MR) is 72.3 cm³/mol. The fraction of sp³-hybridized carbons (Fsp3) is 0.385. The summed E-state index contributed by atoms with van der Waals surface area (Å²) in [5, 5.41) is -0.562. The third-order valence-electron chi connectivity index (χ3n) is 3.57. The third kappa shape index (κ3) is 1.98. The normalized spacial score (nSPS) is 21.1. The van der Waals surface area contributed by atoms with Crippen molar-refractivity contribution in [2.45, 2.75) is 18.1 Å². The van der Waals surface area contributed by atoms with Gasteiger partial charge in [0.2, 0.25) is 0 Å². The molecule has 7 heteroatoms. The zero-order valence-electron chi connectivity index (χ0n) is 10.9. The van der Waals surface area contributed by atoms with Crippen molar-refractivity contribution < 1.29 is 17.9 Å². The molecule has 0 N–H and O–H groups in total. The summed E-state index contributed by atoms with van der Waals surface area (Å²) in [6.07, 6.45) is 4.65. The standard InChI is InChI=1S/C13H14N2O4S/c1-19-13(16)9-4-2-6-15-8-10(14-12(9)15)11-5-3-7-20(11,17)18/h2,4,6,8,11H,3,5,7H2,1H3. The lowest BCUT2D eigenvalue weighted by atomic mass is 10.2. The predicted octanol–water partition coefficient (Wildman–Crippen LogP) is 1.37. The molecule has 1 aliphatic rings. The van der Waals surface area contributed by atoms with E-state index in [0.717, 1.165) is 0 Å². The maximum absolute atomic E-state index is 12.0. The number of aromatic nitrogens is 2. The molecule has 0 aliphatic carbocycles. The van der Waals surface area contributed by atoms with Crippen molar-refractivity contribution in [1.82, 2.24) is 9.38 Å². The zero-order chi connectivity index (χ0) is 14.3. The summed E-state index contributed by atoms with van der Waals surface area (Å²) in [6, 6.07) is 3.31. The number of rotatable bonds is 2. The van der Waals surface area contributed by atoms with E-state index < -0.39 is 21.1 Å². The molecule has 0 amide bonds. The van der Waals surface area contributed by atoms with Crippen LogP contribution >= 0.6 is 0 Å². The quantitative estimate of drug-likeness (QED) is 0.782. The van der Waals surface area contributed by atoms with Crippen LogP contribution < -0.4 is 0 Å². The van der Waals surface area contributed by atoms with Crippen LogP contribution in [0.5, 0.6) is 0 Å². The van der Waals surface area contributed by atoms with Gasteiger partial charge in [0, 0.05) is 12.4 Å². The lowest BCUT2D eigenvalue weighted by Crippen LogP contribution is -2.08. The van der Waals surface area contributed by atoms with Crippen molar-refractivity contribution in [3.8, 4) is 0 Å². The number of sulfone groups is 1. The van der Waals surface area contributed by atoms with Crippen LogP contribution in [-0.2, 0) is 14.6 Å². The van der Waals surface area contributed by atoms with Gasteiger partial charge >= 0.3 is 5.97 Å². The number of hydrogen-bond donors (Lipinski definition) is 0. The Labute approximate surface area is 116 Å². The van der Waals surface area contributed by atoms with Gasteiger partial charge in [0.05, 0.1) is 18.6 Å². The summed E-state index contributed by atoms with van der Waals surface area (Å²) in [6.45, 7) is 0. The van der Waals surface area contributed by atoms with Gasteiger partial charge in [-0.15, -0.1) is 0 Å². The summed E-state index contributed by atoms with van der Waals surface area (Å²) < 4.78 is 30.3. The molecule has 1 atom stereocenters. The number of nitrogens with zero attached hydrogens (tertiary/aromatic N) is 2. The number of pyridine rings is 1. The molecule has 3 rings (SSSR count). The zero-order valence-corrected chi connectivity index (χ0v) is 11.8. The van der Waals surface area contributed by atoms with Gasteiger partial charge < -0.3 is 9.14 Å². The van der Waals surface area contributed by atoms with Gasteiger partial charge in [0.15, 0.2) is 15.5 Å². The summed E-state index contributed by atoms with van der Waals surface area (Å²) in [4.78, 5) is 16.0. The van der Waals surface area contributed by atoms with Gasteiger partial charge in [-0.1, -0.05) is 0 Å². The van der Waals surface area contributed by atoms with Gasteiger partial charge in [0.25, 0.3) is 0 Å². The second-order valence-corrected chi connectivity index (χ2v) is 7.11. The van der Waals surface area contributed by atoms with Crippen LogP contribution in [0.1, 0.15) is 34.1 Å². The molecule has 2 aromatic heterocycles. The molecule has 1 unspecified atom stereocenters. The van der Waals surface area contributed by atoms with Gasteiger partial charge in [-0.05, 0) is 25.0 Å². The lowest BCUT2D eigenvalue weighted by Gasteiger charge is -2.03. The average molecular weight is 294 g/mol. The summed E-state index contributed by atoms with van der Waals surface area (Å²) in [5.74, 6) is -0.280. The molecule has 1 fully saturated rings. The molecule has 0 aromatic carbocycles. The van der Waals surface area contributed by atoms with Gasteiger partial charge in [0.1, 0.15) is 10.8 Å². The maximum atomic E-state index is 12.0. The van der Waals surface area contributed by atoms with Crippen LogP contribution in [0, 0.1) is 0 Å². The number of ether oxygens (including phenoxy) is 1. The molecule has 3 heterocycles. The highest BCUT2D eigenvalue weighted by Crippen LogP contribution is 2.34. The number of carbonyl (C=O) groups is 1. The van der Waals surface area contributed by atoms with Crippen LogP contribution in [0.25, 0.3) is 5.65 Å². The number of carbonyl (C=O) groups excluding carboxylic acids is 1. The van der Waals surface area contributed by atoms with E-state index in [1.54, 1.807) is 28.9 Å². The Morgan fingerprint density at radius 3 is 2.95 bits per heavy atom. The van der Waals surface area contributed by atoms with E-state index in [-0.39, 0.29) is 5.75 Å². The Kier molecular flexibility index (Phi) is 3.01. The molecule has 106 valence electrons. The SMILES string of the molecule is COC(=O)c1cccn2cc(C3CCCS3(=O)=O)nc12. The van der Waals surface area contributed by atoms with E-state index in [2.05, 4.69) is 4.98 Å². The van der Waals surface area contributed by atoms with Crippen LogP contribution in [-0.4, -0.2) is 36.6 Å². The fourth-order valence-electron chi connectivity index (χ4n) is 2.58. The van der Waals surface area contributed by atoms with Crippen molar-refractivity contribution in [2.75, 3.05) is 12.9 Å². The maximum Gasteiger partial charge on any atom is 0.341 e. The number of imidazole rings is 1. The fourth-order valence-corrected chi connectivity index (χ4v) is 4.44. The number of esters is 1. The Balaban J connectivity index is 2.14. The van der Waals surface area contributed by atoms with Crippen LogP contribution in [0.2, 0.25) is 0 Å². The highest BCUT2D eigenvalue weighted by atomic mass is 32.2. The first-order chi connectivity index (χ1) is 9.53. The first-order valence-corrected chi connectivity index (χ1v) is 8.02. The number of fused-ring (bicyclic) bond motifs is 1. The van der Waals surface area contributed by atoms with Crippen molar-refractivity contribution in [3.63, 3.8) is 0 Å². The molecule has 20 heavy (non-hydrogen) atoms.